The summed E-state index contributed by atoms with van der Waals surface area (Å²) in [5.74, 6) is 4.43. The minimum absolute atomic E-state index is 0.567. The van der Waals surface area contributed by atoms with Gasteiger partial charge in [0.15, 0.2) is 40.5 Å². The Kier molecular flexibility index (Phi) is 9.01. The van der Waals surface area contributed by atoms with Gasteiger partial charge in [-0.1, -0.05) is 188 Å². The number of para-hydroxylation sites is 3. The Labute approximate surface area is 404 Å². The van der Waals surface area contributed by atoms with Crippen molar-refractivity contribution in [3.63, 3.8) is 0 Å². The van der Waals surface area contributed by atoms with Gasteiger partial charge in [0.1, 0.15) is 0 Å². The molecule has 2 aromatic heterocycles. The van der Waals surface area contributed by atoms with E-state index in [2.05, 4.69) is 205 Å². The van der Waals surface area contributed by atoms with Crippen molar-refractivity contribution in [1.82, 2.24) is 19.5 Å². The van der Waals surface area contributed by atoms with Crippen LogP contribution in [0.4, 0.5) is 0 Å². The molecule has 14 rings (SSSR count). The van der Waals surface area contributed by atoms with Crippen LogP contribution < -0.4 is 9.47 Å². The van der Waals surface area contributed by atoms with Crippen molar-refractivity contribution >= 4 is 21.8 Å². The maximum absolute atomic E-state index is 7.24. The fourth-order valence-electron chi connectivity index (χ4n) is 10.9. The number of ether oxygens (including phenoxy) is 2. The van der Waals surface area contributed by atoms with Gasteiger partial charge in [0.05, 0.1) is 16.4 Å². The van der Waals surface area contributed by atoms with E-state index in [1.807, 2.05) is 42.5 Å². The third kappa shape index (κ3) is 6.10. The summed E-state index contributed by atoms with van der Waals surface area (Å²) in [5.41, 5.74) is 14.2. The van der Waals surface area contributed by atoms with E-state index in [4.69, 9.17) is 24.4 Å². The molecule has 10 aromatic carbocycles. The average molecular weight is 897 g/mol. The first kappa shape index (κ1) is 39.7. The molecular weight excluding hydrogens is 857 g/mol. The molecule has 0 amide bonds. The van der Waals surface area contributed by atoms with Crippen molar-refractivity contribution in [3.8, 4) is 85.1 Å². The average Bonchev–Trinajstić information content (AvgIpc) is 3.94. The lowest BCUT2D eigenvalue weighted by atomic mass is 9.68. The van der Waals surface area contributed by atoms with Gasteiger partial charge in [-0.15, -0.1) is 0 Å². The summed E-state index contributed by atoms with van der Waals surface area (Å²) in [7, 11) is 0. The summed E-state index contributed by atoms with van der Waals surface area (Å²) in [6.07, 6.45) is 0. The van der Waals surface area contributed by atoms with Crippen LogP contribution in [0.2, 0.25) is 0 Å². The third-order valence-electron chi connectivity index (χ3n) is 14.0. The highest BCUT2D eigenvalue weighted by molar-refractivity contribution is 6.09. The number of benzene rings is 10. The molecule has 0 spiro atoms. The number of nitrogens with zero attached hydrogens (tertiary/aromatic N) is 4. The highest BCUT2D eigenvalue weighted by atomic mass is 16.6. The molecule has 0 fully saturated rings. The van der Waals surface area contributed by atoms with Gasteiger partial charge in [-0.2, -0.15) is 0 Å². The zero-order valence-corrected chi connectivity index (χ0v) is 37.7. The molecule has 3 heterocycles. The quantitative estimate of drug-likeness (QED) is 0.159. The van der Waals surface area contributed by atoms with Crippen LogP contribution in [0.5, 0.6) is 23.0 Å². The predicted octanol–water partition coefficient (Wildman–Crippen LogP) is 15.9. The zero-order chi connectivity index (χ0) is 46.2. The normalized spacial score (nSPS) is 12.9. The van der Waals surface area contributed by atoms with Crippen molar-refractivity contribution in [3.05, 3.63) is 265 Å². The van der Waals surface area contributed by atoms with Crippen molar-refractivity contribution in [2.45, 2.75) is 5.41 Å². The second kappa shape index (κ2) is 15.9. The van der Waals surface area contributed by atoms with Gasteiger partial charge in [-0.25, -0.2) is 15.0 Å². The van der Waals surface area contributed by atoms with Crippen LogP contribution >= 0.6 is 0 Å². The van der Waals surface area contributed by atoms with Crippen LogP contribution in [-0.4, -0.2) is 19.5 Å². The van der Waals surface area contributed by atoms with Crippen LogP contribution in [0.25, 0.3) is 83.9 Å². The molecule has 0 radical (unpaired) electrons. The Morgan fingerprint density at radius 3 is 1.54 bits per heavy atom. The summed E-state index contributed by atoms with van der Waals surface area (Å²) < 4.78 is 16.4. The van der Waals surface area contributed by atoms with Gasteiger partial charge in [0, 0.05) is 44.3 Å². The van der Waals surface area contributed by atoms with E-state index in [-0.39, 0.29) is 0 Å². The lowest BCUT2D eigenvalue weighted by molar-refractivity contribution is 0.361. The van der Waals surface area contributed by atoms with Gasteiger partial charge in [-0.3, -0.25) is 0 Å². The molecule has 2 aliphatic rings. The second-order valence-electron chi connectivity index (χ2n) is 17.8. The van der Waals surface area contributed by atoms with Gasteiger partial charge in [-0.05, 0) is 88.0 Å². The number of aromatic nitrogens is 4. The first-order valence-corrected chi connectivity index (χ1v) is 23.6. The van der Waals surface area contributed by atoms with Crippen LogP contribution in [0.15, 0.2) is 243 Å². The minimum Gasteiger partial charge on any atom is -0.449 e. The molecule has 6 heteroatoms. The largest absolute Gasteiger partial charge is 0.449 e. The summed E-state index contributed by atoms with van der Waals surface area (Å²) in [6, 6.07) is 84.8. The van der Waals surface area contributed by atoms with Gasteiger partial charge >= 0.3 is 0 Å². The third-order valence-corrected chi connectivity index (χ3v) is 14.0. The molecule has 70 heavy (non-hydrogen) atoms. The monoisotopic (exact) mass is 896 g/mol. The van der Waals surface area contributed by atoms with E-state index in [9.17, 15) is 0 Å². The minimum atomic E-state index is -0.572. The van der Waals surface area contributed by atoms with Crippen LogP contribution in [-0.2, 0) is 5.41 Å². The Hall–Kier alpha value is -9.39. The van der Waals surface area contributed by atoms with Crippen molar-refractivity contribution in [1.29, 1.82) is 0 Å². The Morgan fingerprint density at radius 2 is 0.857 bits per heavy atom. The second-order valence-corrected chi connectivity index (χ2v) is 17.8. The molecule has 0 unspecified atom stereocenters. The van der Waals surface area contributed by atoms with Gasteiger partial charge in [0.25, 0.3) is 0 Å². The van der Waals surface area contributed by atoms with Gasteiger partial charge < -0.3 is 14.0 Å². The maximum Gasteiger partial charge on any atom is 0.178 e. The molecule has 0 saturated carbocycles. The molecular formula is C64H40N4O2. The van der Waals surface area contributed by atoms with E-state index in [1.54, 1.807) is 0 Å². The lowest BCUT2D eigenvalue weighted by Crippen LogP contribution is -2.28. The smallest absolute Gasteiger partial charge is 0.178 e. The Bertz CT molecular complexity index is 3910. The molecule has 6 nitrogen and oxygen atoms in total. The summed E-state index contributed by atoms with van der Waals surface area (Å²) in [4.78, 5) is 15.4. The van der Waals surface area contributed by atoms with Crippen LogP contribution in [0.3, 0.4) is 0 Å². The molecule has 1 aliphatic heterocycles. The van der Waals surface area contributed by atoms with E-state index in [0.717, 1.165) is 61.2 Å². The molecule has 0 N–H and O–H groups in total. The standard InChI is InChI=1S/C64H40N4O2/c1-4-18-41(19-5-1)61-65-62(42-34-36-47(37-35-42)68-54-31-14-11-26-49(54)50-27-12-15-32-55(50)68)67-63(66-61)44-21-16-20-43(40-44)48-29-17-33-56-59(48)70-60-57(69-56)39-38-53-58(60)51-28-10-13-30-52(51)64(53,45-22-6-2-7-23-45)46-24-8-3-9-25-46/h1-40H. The van der Waals surface area contributed by atoms with E-state index < -0.39 is 5.41 Å². The van der Waals surface area contributed by atoms with Crippen molar-refractivity contribution in [2.75, 3.05) is 0 Å². The van der Waals surface area contributed by atoms with E-state index >= 15 is 0 Å². The Morgan fingerprint density at radius 1 is 0.343 bits per heavy atom. The molecule has 1 aliphatic carbocycles. The summed E-state index contributed by atoms with van der Waals surface area (Å²) in [5, 5.41) is 2.45. The highest BCUT2D eigenvalue weighted by Gasteiger charge is 2.48. The lowest BCUT2D eigenvalue weighted by Gasteiger charge is -2.34. The summed E-state index contributed by atoms with van der Waals surface area (Å²) >= 11 is 0. The van der Waals surface area contributed by atoms with Crippen molar-refractivity contribution in [2.24, 2.45) is 0 Å². The topological polar surface area (TPSA) is 62.1 Å². The van der Waals surface area contributed by atoms with E-state index in [1.165, 1.54) is 27.5 Å². The maximum atomic E-state index is 7.24. The number of rotatable bonds is 7. The molecule has 328 valence electrons. The van der Waals surface area contributed by atoms with Crippen LogP contribution in [0, 0.1) is 0 Å². The fraction of sp³-hybridized carbons (Fsp3) is 0.0156. The first-order valence-electron chi connectivity index (χ1n) is 23.6. The molecule has 0 saturated heterocycles. The molecule has 0 atom stereocenters. The molecule has 12 aromatic rings. The fourth-order valence-corrected chi connectivity index (χ4v) is 10.9. The SMILES string of the molecule is c1ccc(-c2nc(-c3ccc(-n4c5ccccc5c5ccccc54)cc3)nc(-c3cccc(-c4cccc5c4Oc4c(ccc6c4-c4ccccc4C6(c4ccccc4)c4ccccc4)O5)c3)n2)cc1. The summed E-state index contributed by atoms with van der Waals surface area (Å²) in [6.45, 7) is 0. The zero-order valence-electron chi connectivity index (χ0n) is 37.7. The molecule has 0 bridgehead atoms. The Balaban J connectivity index is 0.870. The number of fused-ring (bicyclic) bond motifs is 9. The van der Waals surface area contributed by atoms with Crippen molar-refractivity contribution < 1.29 is 9.47 Å². The van der Waals surface area contributed by atoms with E-state index in [0.29, 0.717) is 40.5 Å². The predicted molar refractivity (Wildman–Crippen MR) is 280 cm³/mol. The van der Waals surface area contributed by atoms with Gasteiger partial charge in [0.2, 0.25) is 0 Å². The van der Waals surface area contributed by atoms with Crippen LogP contribution in [0.1, 0.15) is 22.3 Å². The number of hydrogen-bond acceptors (Lipinski definition) is 5. The first-order chi connectivity index (χ1) is 34.7. The highest BCUT2D eigenvalue weighted by Crippen LogP contribution is 2.63. The number of hydrogen-bond donors (Lipinski definition) is 0.